The standard InChI is InChI=1S/C17H26N2O3.ClH/c1-21-15-7-9-16(10-8-15)22-12-4-6-17(20)19-11-3-2-5-14(19)13-18;/h7-10,14H,2-6,11-13,18H2,1H3;1H. The Balaban J connectivity index is 0.00000264. The Bertz CT molecular complexity index is 467. The van der Waals surface area contributed by atoms with Gasteiger partial charge in [-0.15, -0.1) is 12.4 Å². The number of rotatable bonds is 7. The first-order valence-electron chi connectivity index (χ1n) is 8.01. The zero-order valence-corrected chi connectivity index (χ0v) is 14.5. The Morgan fingerprint density at radius 1 is 1.26 bits per heavy atom. The summed E-state index contributed by atoms with van der Waals surface area (Å²) in [5.41, 5.74) is 5.76. The van der Waals surface area contributed by atoms with Gasteiger partial charge in [0.05, 0.1) is 13.7 Å². The van der Waals surface area contributed by atoms with Gasteiger partial charge >= 0.3 is 0 Å². The number of likely N-dealkylation sites (tertiary alicyclic amines) is 1. The second kappa shape index (κ2) is 10.3. The molecule has 0 radical (unpaired) electrons. The lowest BCUT2D eigenvalue weighted by molar-refractivity contribution is -0.134. The van der Waals surface area contributed by atoms with Gasteiger partial charge in [0.1, 0.15) is 11.5 Å². The van der Waals surface area contributed by atoms with E-state index in [1.165, 1.54) is 6.42 Å². The van der Waals surface area contributed by atoms with Crippen LogP contribution in [0.5, 0.6) is 11.5 Å². The summed E-state index contributed by atoms with van der Waals surface area (Å²) in [5, 5.41) is 0. The van der Waals surface area contributed by atoms with Gasteiger partial charge in [-0.05, 0) is 49.9 Å². The molecule has 0 saturated carbocycles. The van der Waals surface area contributed by atoms with E-state index in [9.17, 15) is 4.79 Å². The number of carbonyl (C=O) groups excluding carboxylic acids is 1. The van der Waals surface area contributed by atoms with E-state index in [0.717, 1.165) is 37.3 Å². The van der Waals surface area contributed by atoms with Crippen LogP contribution < -0.4 is 15.2 Å². The molecular weight excluding hydrogens is 316 g/mol. The van der Waals surface area contributed by atoms with E-state index >= 15 is 0 Å². The van der Waals surface area contributed by atoms with Gasteiger partial charge < -0.3 is 20.1 Å². The Morgan fingerprint density at radius 3 is 2.61 bits per heavy atom. The Kier molecular flexibility index (Phi) is 8.81. The lowest BCUT2D eigenvalue weighted by atomic mass is 10.0. The Hall–Kier alpha value is -1.46. The molecule has 6 heteroatoms. The molecule has 1 aromatic carbocycles. The fraction of sp³-hybridized carbons (Fsp3) is 0.588. The number of methoxy groups -OCH3 is 1. The van der Waals surface area contributed by atoms with Gasteiger partial charge in [-0.2, -0.15) is 0 Å². The molecule has 1 unspecified atom stereocenters. The van der Waals surface area contributed by atoms with Crippen molar-refractivity contribution in [1.82, 2.24) is 4.90 Å². The molecule has 1 amide bonds. The average Bonchev–Trinajstić information content (AvgIpc) is 2.59. The minimum Gasteiger partial charge on any atom is -0.497 e. The van der Waals surface area contributed by atoms with Crippen LogP contribution in [0.1, 0.15) is 32.1 Å². The summed E-state index contributed by atoms with van der Waals surface area (Å²) in [4.78, 5) is 14.2. The largest absolute Gasteiger partial charge is 0.497 e. The summed E-state index contributed by atoms with van der Waals surface area (Å²) in [6.07, 6.45) is 4.53. The first kappa shape index (κ1) is 19.6. The normalized spacial score (nSPS) is 17.3. The highest BCUT2D eigenvalue weighted by atomic mass is 35.5. The van der Waals surface area contributed by atoms with Crippen LogP contribution in [0.4, 0.5) is 0 Å². The maximum absolute atomic E-state index is 12.3. The van der Waals surface area contributed by atoms with Crippen molar-refractivity contribution in [1.29, 1.82) is 0 Å². The molecule has 130 valence electrons. The number of amides is 1. The van der Waals surface area contributed by atoms with E-state index < -0.39 is 0 Å². The van der Waals surface area contributed by atoms with E-state index in [1.54, 1.807) is 7.11 Å². The molecule has 1 aliphatic heterocycles. The number of nitrogens with zero attached hydrogens (tertiary/aromatic N) is 1. The quantitative estimate of drug-likeness (QED) is 0.774. The summed E-state index contributed by atoms with van der Waals surface area (Å²) in [6, 6.07) is 7.69. The SMILES string of the molecule is COc1ccc(OCCCC(=O)N2CCCCC2CN)cc1.Cl. The molecule has 1 fully saturated rings. The predicted molar refractivity (Wildman–Crippen MR) is 93.4 cm³/mol. The van der Waals surface area contributed by atoms with Crippen molar-refractivity contribution in [2.45, 2.75) is 38.1 Å². The van der Waals surface area contributed by atoms with Gasteiger partial charge in [0.15, 0.2) is 0 Å². The third kappa shape index (κ3) is 5.92. The smallest absolute Gasteiger partial charge is 0.222 e. The van der Waals surface area contributed by atoms with Crippen LogP contribution in [0, 0.1) is 0 Å². The number of carbonyl (C=O) groups is 1. The van der Waals surface area contributed by atoms with Crippen LogP contribution in [0.25, 0.3) is 0 Å². The zero-order chi connectivity index (χ0) is 15.8. The molecule has 0 spiro atoms. The number of nitrogens with two attached hydrogens (primary N) is 1. The van der Waals surface area contributed by atoms with Gasteiger partial charge in [0.25, 0.3) is 0 Å². The van der Waals surface area contributed by atoms with E-state index in [4.69, 9.17) is 15.2 Å². The van der Waals surface area contributed by atoms with E-state index in [0.29, 0.717) is 19.6 Å². The molecule has 5 nitrogen and oxygen atoms in total. The first-order valence-corrected chi connectivity index (χ1v) is 8.01. The summed E-state index contributed by atoms with van der Waals surface area (Å²) < 4.78 is 10.7. The van der Waals surface area contributed by atoms with Gasteiger partial charge in [0.2, 0.25) is 5.91 Å². The van der Waals surface area contributed by atoms with Gasteiger partial charge in [-0.1, -0.05) is 0 Å². The molecule has 23 heavy (non-hydrogen) atoms. The van der Waals surface area contributed by atoms with Crippen molar-refractivity contribution in [3.63, 3.8) is 0 Å². The highest BCUT2D eigenvalue weighted by molar-refractivity contribution is 5.85. The van der Waals surface area contributed by atoms with E-state index in [1.807, 2.05) is 29.2 Å². The van der Waals surface area contributed by atoms with E-state index in [-0.39, 0.29) is 24.4 Å². The van der Waals surface area contributed by atoms with Gasteiger partial charge in [-0.3, -0.25) is 4.79 Å². The fourth-order valence-electron chi connectivity index (χ4n) is 2.80. The van der Waals surface area contributed by atoms with Crippen LogP contribution in [-0.2, 0) is 4.79 Å². The molecule has 0 aromatic heterocycles. The van der Waals surface area contributed by atoms with Crippen molar-refractivity contribution >= 4 is 18.3 Å². The third-order valence-corrected chi connectivity index (χ3v) is 4.08. The van der Waals surface area contributed by atoms with Gasteiger partial charge in [-0.25, -0.2) is 0 Å². The average molecular weight is 343 g/mol. The zero-order valence-electron chi connectivity index (χ0n) is 13.7. The van der Waals surface area contributed by atoms with Crippen LogP contribution in [0.15, 0.2) is 24.3 Å². The van der Waals surface area contributed by atoms with Crippen molar-refractivity contribution < 1.29 is 14.3 Å². The van der Waals surface area contributed by atoms with Crippen LogP contribution >= 0.6 is 12.4 Å². The lowest BCUT2D eigenvalue weighted by Crippen LogP contribution is -2.47. The molecule has 1 atom stereocenters. The van der Waals surface area contributed by atoms with Crippen LogP contribution in [-0.4, -0.2) is 43.7 Å². The monoisotopic (exact) mass is 342 g/mol. The highest BCUT2D eigenvalue weighted by Gasteiger charge is 2.24. The molecule has 0 bridgehead atoms. The first-order chi connectivity index (χ1) is 10.7. The number of piperidine rings is 1. The highest BCUT2D eigenvalue weighted by Crippen LogP contribution is 2.19. The van der Waals surface area contributed by atoms with Crippen molar-refractivity contribution in [3.8, 4) is 11.5 Å². The number of benzene rings is 1. The number of halogens is 1. The molecule has 2 N–H and O–H groups in total. The van der Waals surface area contributed by atoms with Crippen LogP contribution in [0.3, 0.4) is 0 Å². The fourth-order valence-corrected chi connectivity index (χ4v) is 2.80. The van der Waals surface area contributed by atoms with Crippen molar-refractivity contribution in [3.05, 3.63) is 24.3 Å². The summed E-state index contributed by atoms with van der Waals surface area (Å²) in [5.74, 6) is 1.81. The molecule has 0 aliphatic carbocycles. The maximum Gasteiger partial charge on any atom is 0.222 e. The lowest BCUT2D eigenvalue weighted by Gasteiger charge is -2.35. The summed E-state index contributed by atoms with van der Waals surface area (Å²) >= 11 is 0. The molecule has 1 saturated heterocycles. The van der Waals surface area contributed by atoms with Crippen LogP contribution in [0.2, 0.25) is 0 Å². The van der Waals surface area contributed by atoms with E-state index in [2.05, 4.69) is 0 Å². The molecule has 1 heterocycles. The second-order valence-electron chi connectivity index (χ2n) is 5.60. The number of hydrogen-bond donors (Lipinski definition) is 1. The predicted octanol–water partition coefficient (Wildman–Crippen LogP) is 2.62. The molecule has 1 aromatic rings. The summed E-state index contributed by atoms with van der Waals surface area (Å²) in [7, 11) is 1.64. The molecule has 2 rings (SSSR count). The van der Waals surface area contributed by atoms with Crippen molar-refractivity contribution in [2.75, 3.05) is 26.8 Å². The minimum absolute atomic E-state index is 0. The maximum atomic E-state index is 12.3. The number of hydrogen-bond acceptors (Lipinski definition) is 4. The third-order valence-electron chi connectivity index (χ3n) is 4.08. The Labute approximate surface area is 144 Å². The topological polar surface area (TPSA) is 64.8 Å². The Morgan fingerprint density at radius 2 is 1.96 bits per heavy atom. The van der Waals surface area contributed by atoms with Gasteiger partial charge in [0, 0.05) is 25.6 Å². The molecule has 1 aliphatic rings. The number of ether oxygens (including phenoxy) is 2. The van der Waals surface area contributed by atoms with Crippen molar-refractivity contribution in [2.24, 2.45) is 5.73 Å². The second-order valence-corrected chi connectivity index (χ2v) is 5.60. The summed E-state index contributed by atoms with van der Waals surface area (Å²) in [6.45, 7) is 1.95. The molecular formula is C17H27ClN2O3. The minimum atomic E-state index is 0.